The van der Waals surface area contributed by atoms with E-state index in [4.69, 9.17) is 14.5 Å². The van der Waals surface area contributed by atoms with E-state index in [1.807, 2.05) is 54.6 Å². The predicted octanol–water partition coefficient (Wildman–Crippen LogP) is 6.97. The van der Waals surface area contributed by atoms with E-state index in [0.717, 1.165) is 58.7 Å². The summed E-state index contributed by atoms with van der Waals surface area (Å²) >= 11 is 0. The van der Waals surface area contributed by atoms with Gasteiger partial charge in [0.1, 0.15) is 23.9 Å². The quantitative estimate of drug-likeness (QED) is 0.171. The fraction of sp³-hybridized carbons (Fsp3) is 0.167. The molecule has 0 aliphatic rings. The number of hydrogen-bond donors (Lipinski definition) is 0. The molecule has 34 heavy (non-hydrogen) atoms. The molecular weight excluding hydrogens is 420 g/mol. The molecule has 0 N–H and O–H groups in total. The molecule has 0 aliphatic carbocycles. The van der Waals surface area contributed by atoms with E-state index in [2.05, 4.69) is 53.6 Å². The number of rotatable bonds is 10. The maximum atomic E-state index is 6.27. The van der Waals surface area contributed by atoms with Crippen LogP contribution in [0.4, 0.5) is 0 Å². The third-order valence-electron chi connectivity index (χ3n) is 5.96. The predicted molar refractivity (Wildman–Crippen MR) is 138 cm³/mol. The first kappa shape index (κ1) is 21.8. The first-order valence-corrected chi connectivity index (χ1v) is 11.7. The van der Waals surface area contributed by atoms with E-state index >= 15 is 0 Å². The van der Waals surface area contributed by atoms with Crippen LogP contribution in [0.5, 0.6) is 11.5 Å². The first-order valence-electron chi connectivity index (χ1n) is 11.7. The molecule has 4 nitrogen and oxygen atoms in total. The van der Waals surface area contributed by atoms with Gasteiger partial charge in [-0.2, -0.15) is 0 Å². The van der Waals surface area contributed by atoms with Crippen molar-refractivity contribution in [3.63, 3.8) is 0 Å². The van der Waals surface area contributed by atoms with Crippen LogP contribution in [0.2, 0.25) is 0 Å². The Labute approximate surface area is 200 Å². The van der Waals surface area contributed by atoms with Crippen molar-refractivity contribution in [2.75, 3.05) is 6.61 Å². The van der Waals surface area contributed by atoms with Crippen molar-refractivity contribution in [2.24, 2.45) is 0 Å². The van der Waals surface area contributed by atoms with Crippen molar-refractivity contribution in [1.29, 1.82) is 0 Å². The SMILES string of the molecule is C=CCc1ccccc1OCCCn1c(COc2cccc3ccccc23)nc2ccccc21. The lowest BCUT2D eigenvalue weighted by Gasteiger charge is -2.13. The molecule has 0 fully saturated rings. The Bertz CT molecular complexity index is 1410. The molecule has 0 saturated heterocycles. The minimum atomic E-state index is 0.408. The first-order chi connectivity index (χ1) is 16.8. The molecule has 0 saturated carbocycles. The monoisotopic (exact) mass is 448 g/mol. The topological polar surface area (TPSA) is 36.3 Å². The zero-order chi connectivity index (χ0) is 23.2. The van der Waals surface area contributed by atoms with Crippen LogP contribution in [0.25, 0.3) is 21.8 Å². The van der Waals surface area contributed by atoms with E-state index in [0.29, 0.717) is 13.2 Å². The number of allylic oxidation sites excluding steroid dienone is 1. The van der Waals surface area contributed by atoms with E-state index in [-0.39, 0.29) is 0 Å². The summed E-state index contributed by atoms with van der Waals surface area (Å²) in [5.41, 5.74) is 3.26. The maximum absolute atomic E-state index is 6.27. The number of ether oxygens (including phenoxy) is 2. The Morgan fingerprint density at radius 1 is 0.794 bits per heavy atom. The number of aromatic nitrogens is 2. The highest BCUT2D eigenvalue weighted by atomic mass is 16.5. The molecule has 5 aromatic rings. The van der Waals surface area contributed by atoms with E-state index < -0.39 is 0 Å². The van der Waals surface area contributed by atoms with Crippen LogP contribution in [0.3, 0.4) is 0 Å². The lowest BCUT2D eigenvalue weighted by molar-refractivity contribution is 0.281. The molecule has 0 amide bonds. The number of aryl methyl sites for hydroxylation is 1. The zero-order valence-electron chi connectivity index (χ0n) is 19.2. The molecular formula is C30H28N2O2. The highest BCUT2D eigenvalue weighted by molar-refractivity contribution is 5.88. The third-order valence-corrected chi connectivity index (χ3v) is 5.96. The average Bonchev–Trinajstić information content (AvgIpc) is 3.24. The third kappa shape index (κ3) is 4.67. The fourth-order valence-electron chi connectivity index (χ4n) is 4.32. The summed E-state index contributed by atoms with van der Waals surface area (Å²) in [5, 5.41) is 2.28. The normalized spacial score (nSPS) is 11.1. The van der Waals surface area contributed by atoms with Gasteiger partial charge in [0, 0.05) is 11.9 Å². The molecule has 1 heterocycles. The van der Waals surface area contributed by atoms with Gasteiger partial charge < -0.3 is 14.0 Å². The van der Waals surface area contributed by atoms with Gasteiger partial charge in [0.15, 0.2) is 0 Å². The molecule has 1 aromatic heterocycles. The largest absolute Gasteiger partial charge is 0.493 e. The van der Waals surface area contributed by atoms with Crippen LogP contribution in [0.1, 0.15) is 17.8 Å². The van der Waals surface area contributed by atoms with Crippen LogP contribution < -0.4 is 9.47 Å². The van der Waals surface area contributed by atoms with Gasteiger partial charge in [-0.1, -0.05) is 72.8 Å². The molecule has 0 aliphatic heterocycles. The molecule has 4 heteroatoms. The van der Waals surface area contributed by atoms with E-state index in [1.54, 1.807) is 0 Å². The van der Waals surface area contributed by atoms with Gasteiger partial charge in [-0.3, -0.25) is 0 Å². The smallest absolute Gasteiger partial charge is 0.148 e. The summed E-state index contributed by atoms with van der Waals surface area (Å²) in [6, 6.07) is 30.8. The van der Waals surface area contributed by atoms with Crippen molar-refractivity contribution in [1.82, 2.24) is 9.55 Å². The number of fused-ring (bicyclic) bond motifs is 2. The number of para-hydroxylation sites is 3. The van der Waals surface area contributed by atoms with Gasteiger partial charge in [-0.25, -0.2) is 4.98 Å². The molecule has 0 unspecified atom stereocenters. The van der Waals surface area contributed by atoms with Crippen molar-refractivity contribution >= 4 is 21.8 Å². The summed E-state index contributed by atoms with van der Waals surface area (Å²) in [7, 11) is 0. The van der Waals surface area contributed by atoms with Gasteiger partial charge in [-0.15, -0.1) is 6.58 Å². The highest BCUT2D eigenvalue weighted by Gasteiger charge is 2.12. The van der Waals surface area contributed by atoms with Gasteiger partial charge in [0.2, 0.25) is 0 Å². The standard InChI is InChI=1S/C30H28N2O2/c1-2-11-24-13-4-8-18-28(24)33-21-10-20-32-27-17-7-6-16-26(27)31-30(32)22-34-29-19-9-14-23-12-3-5-15-25(23)29/h2-9,12-19H,1,10-11,20-22H2. The van der Waals surface area contributed by atoms with Gasteiger partial charge in [-0.05, 0) is 48.1 Å². The van der Waals surface area contributed by atoms with Crippen molar-refractivity contribution in [3.05, 3.63) is 115 Å². The van der Waals surface area contributed by atoms with E-state index in [9.17, 15) is 0 Å². The van der Waals surface area contributed by atoms with Crippen molar-refractivity contribution in [3.8, 4) is 11.5 Å². The number of imidazole rings is 1. The second kappa shape index (κ2) is 10.3. The Morgan fingerprint density at radius 2 is 1.56 bits per heavy atom. The molecule has 0 radical (unpaired) electrons. The molecule has 4 aromatic carbocycles. The summed E-state index contributed by atoms with van der Waals surface area (Å²) in [4.78, 5) is 4.87. The molecule has 0 spiro atoms. The number of hydrogen-bond acceptors (Lipinski definition) is 3. The van der Waals surface area contributed by atoms with Crippen LogP contribution in [-0.4, -0.2) is 16.2 Å². The summed E-state index contributed by atoms with van der Waals surface area (Å²) < 4.78 is 14.6. The van der Waals surface area contributed by atoms with Crippen LogP contribution in [-0.2, 0) is 19.6 Å². The number of nitrogens with zero attached hydrogens (tertiary/aromatic N) is 2. The van der Waals surface area contributed by atoms with Crippen molar-refractivity contribution in [2.45, 2.75) is 26.0 Å². The lowest BCUT2D eigenvalue weighted by Crippen LogP contribution is -2.10. The lowest BCUT2D eigenvalue weighted by atomic mass is 10.1. The zero-order valence-corrected chi connectivity index (χ0v) is 19.2. The minimum absolute atomic E-state index is 0.408. The second-order valence-electron chi connectivity index (χ2n) is 8.24. The van der Waals surface area contributed by atoms with Gasteiger partial charge >= 0.3 is 0 Å². The fourth-order valence-corrected chi connectivity index (χ4v) is 4.32. The Balaban J connectivity index is 1.31. The van der Waals surface area contributed by atoms with Crippen LogP contribution in [0, 0.1) is 0 Å². The molecule has 0 bridgehead atoms. The number of benzene rings is 4. The summed E-state index contributed by atoms with van der Waals surface area (Å²) in [6.07, 6.45) is 3.57. The van der Waals surface area contributed by atoms with Gasteiger partial charge in [0.05, 0.1) is 17.6 Å². The highest BCUT2D eigenvalue weighted by Crippen LogP contribution is 2.27. The molecule has 5 rings (SSSR count). The minimum Gasteiger partial charge on any atom is -0.493 e. The Morgan fingerprint density at radius 3 is 2.50 bits per heavy atom. The molecule has 0 atom stereocenters. The summed E-state index contributed by atoms with van der Waals surface area (Å²) in [6.45, 7) is 5.69. The maximum Gasteiger partial charge on any atom is 0.148 e. The average molecular weight is 449 g/mol. The summed E-state index contributed by atoms with van der Waals surface area (Å²) in [5.74, 6) is 2.72. The molecule has 170 valence electrons. The van der Waals surface area contributed by atoms with Crippen molar-refractivity contribution < 1.29 is 9.47 Å². The van der Waals surface area contributed by atoms with E-state index in [1.165, 1.54) is 5.39 Å². The second-order valence-corrected chi connectivity index (χ2v) is 8.24. The van der Waals surface area contributed by atoms with Crippen LogP contribution >= 0.6 is 0 Å². The van der Waals surface area contributed by atoms with Crippen LogP contribution in [0.15, 0.2) is 104 Å². The van der Waals surface area contributed by atoms with Gasteiger partial charge in [0.25, 0.3) is 0 Å². The Hall–Kier alpha value is -4.05. The Kier molecular flexibility index (Phi) is 6.57.